The quantitative estimate of drug-likeness (QED) is 0.557. The Hall–Kier alpha value is -3.51. The van der Waals surface area contributed by atoms with E-state index in [0.29, 0.717) is 23.0 Å². The number of aromatic nitrogens is 4. The highest BCUT2D eigenvalue weighted by atomic mass is 19.1. The fourth-order valence-corrected chi connectivity index (χ4v) is 4.93. The van der Waals surface area contributed by atoms with Gasteiger partial charge in [0, 0.05) is 49.9 Å². The van der Waals surface area contributed by atoms with Gasteiger partial charge in [0.2, 0.25) is 0 Å². The maximum absolute atomic E-state index is 13.9. The maximum Gasteiger partial charge on any atom is 0.152 e. The molecule has 0 atom stereocenters. The Bertz CT molecular complexity index is 1250. The minimum atomic E-state index is -0.200. The molecule has 0 amide bonds. The number of nitrogens with zero attached hydrogens (tertiary/aromatic N) is 7. The fraction of sp³-hybridized carbons (Fsp3) is 0.462. The molecule has 182 valence electrons. The van der Waals surface area contributed by atoms with Gasteiger partial charge in [-0.05, 0) is 63.4 Å². The average Bonchev–Trinajstić information content (AvgIpc) is 3.64. The molecule has 2 fully saturated rings. The van der Waals surface area contributed by atoms with Gasteiger partial charge in [0.05, 0.1) is 5.69 Å². The van der Waals surface area contributed by atoms with Crippen LogP contribution < -0.4 is 10.6 Å². The number of anilines is 2. The number of rotatable bonds is 7. The molecule has 0 unspecified atom stereocenters. The van der Waals surface area contributed by atoms with Crippen molar-refractivity contribution in [2.24, 2.45) is 0 Å². The van der Waals surface area contributed by atoms with E-state index in [9.17, 15) is 9.65 Å². The topological polar surface area (TPSA) is 99.9 Å². The van der Waals surface area contributed by atoms with Crippen LogP contribution in [0.15, 0.2) is 30.7 Å². The summed E-state index contributed by atoms with van der Waals surface area (Å²) >= 11 is 0. The van der Waals surface area contributed by atoms with Crippen LogP contribution >= 0.6 is 0 Å². The zero-order valence-corrected chi connectivity index (χ0v) is 20.3. The molecule has 0 radical (unpaired) electrons. The first kappa shape index (κ1) is 23.2. The first-order valence-electron chi connectivity index (χ1n) is 12.2. The Balaban J connectivity index is 1.38. The molecular weight excluding hydrogens is 443 g/mol. The highest BCUT2D eigenvalue weighted by Gasteiger charge is 2.29. The zero-order chi connectivity index (χ0) is 24.5. The maximum atomic E-state index is 13.9. The lowest BCUT2D eigenvalue weighted by Gasteiger charge is -2.33. The van der Waals surface area contributed by atoms with Crippen molar-refractivity contribution < 1.29 is 4.39 Å². The van der Waals surface area contributed by atoms with E-state index < -0.39 is 0 Å². The highest BCUT2D eigenvalue weighted by Crippen LogP contribution is 2.33. The van der Waals surface area contributed by atoms with Crippen LogP contribution in [-0.4, -0.2) is 57.1 Å². The number of nitrogens with two attached hydrogens (primary N) is 1. The number of hydrogen-bond acceptors (Lipinski definition) is 7. The molecule has 1 aliphatic carbocycles. The lowest BCUT2D eigenvalue weighted by atomic mass is 9.95. The van der Waals surface area contributed by atoms with Crippen LogP contribution in [0.2, 0.25) is 0 Å². The highest BCUT2D eigenvalue weighted by molar-refractivity contribution is 5.63. The van der Waals surface area contributed by atoms with Crippen LogP contribution in [0.3, 0.4) is 0 Å². The smallest absolute Gasteiger partial charge is 0.152 e. The third kappa shape index (κ3) is 4.84. The molecule has 3 heterocycles. The lowest BCUT2D eigenvalue weighted by molar-refractivity contribution is 0.305. The van der Waals surface area contributed by atoms with Gasteiger partial charge < -0.3 is 20.1 Å². The van der Waals surface area contributed by atoms with Gasteiger partial charge in [-0.15, -0.1) is 0 Å². The number of piperidine rings is 1. The molecule has 8 nitrogen and oxygen atoms in total. The minimum absolute atomic E-state index is 0.200. The van der Waals surface area contributed by atoms with Gasteiger partial charge in [-0.3, -0.25) is 0 Å². The number of nitrogen functional groups attached to an aromatic ring is 1. The second-order valence-electron chi connectivity index (χ2n) is 9.68. The third-order valence-corrected chi connectivity index (χ3v) is 7.25. The molecule has 1 saturated heterocycles. The van der Waals surface area contributed by atoms with Gasteiger partial charge in [-0.2, -0.15) is 5.26 Å². The Kier molecular flexibility index (Phi) is 6.39. The first-order valence-corrected chi connectivity index (χ1v) is 12.2. The van der Waals surface area contributed by atoms with E-state index in [4.69, 9.17) is 10.7 Å². The molecule has 2 aromatic heterocycles. The number of aryl methyl sites for hydroxylation is 1. The number of likely N-dealkylation sites (N-methyl/N-ethyl adjacent to an activating group) is 1. The van der Waals surface area contributed by atoms with Gasteiger partial charge >= 0.3 is 0 Å². The fourth-order valence-electron chi connectivity index (χ4n) is 4.93. The van der Waals surface area contributed by atoms with Crippen molar-refractivity contribution in [3.8, 4) is 17.3 Å². The van der Waals surface area contributed by atoms with Crippen molar-refractivity contribution in [2.75, 3.05) is 37.3 Å². The largest absolute Gasteiger partial charge is 0.382 e. The van der Waals surface area contributed by atoms with Gasteiger partial charge in [-0.1, -0.05) is 0 Å². The molecular formula is C26H31FN8. The van der Waals surface area contributed by atoms with Crippen LogP contribution in [0.1, 0.15) is 48.6 Å². The molecule has 2 aliphatic rings. The van der Waals surface area contributed by atoms with Gasteiger partial charge in [-0.25, -0.2) is 19.3 Å². The van der Waals surface area contributed by atoms with E-state index in [0.717, 1.165) is 56.1 Å². The monoisotopic (exact) mass is 474 g/mol. The molecule has 9 heteroatoms. The molecule has 1 aromatic carbocycles. The molecule has 35 heavy (non-hydrogen) atoms. The van der Waals surface area contributed by atoms with Crippen molar-refractivity contribution in [3.05, 3.63) is 53.5 Å². The molecule has 3 aromatic rings. The van der Waals surface area contributed by atoms with Crippen molar-refractivity contribution in [1.29, 1.82) is 5.26 Å². The second kappa shape index (κ2) is 9.62. The number of nitriles is 1. The number of imidazole rings is 1. The Morgan fingerprint density at radius 1 is 1.20 bits per heavy atom. The predicted molar refractivity (Wildman–Crippen MR) is 133 cm³/mol. The summed E-state index contributed by atoms with van der Waals surface area (Å²) in [5, 5.41) is 9.51. The third-order valence-electron chi connectivity index (χ3n) is 7.25. The van der Waals surface area contributed by atoms with Crippen LogP contribution in [0, 0.1) is 24.1 Å². The Labute approximate surface area is 205 Å². The van der Waals surface area contributed by atoms with Gasteiger partial charge in [0.15, 0.2) is 5.82 Å². The van der Waals surface area contributed by atoms with Crippen LogP contribution in [-0.2, 0) is 6.54 Å². The van der Waals surface area contributed by atoms with Crippen molar-refractivity contribution in [2.45, 2.75) is 51.1 Å². The summed E-state index contributed by atoms with van der Waals surface area (Å²) in [5.74, 6) is 1.99. The van der Waals surface area contributed by atoms with E-state index in [1.54, 1.807) is 13.0 Å². The van der Waals surface area contributed by atoms with Gasteiger partial charge in [0.25, 0.3) is 0 Å². The molecule has 1 saturated carbocycles. The first-order chi connectivity index (χ1) is 16.9. The number of benzene rings is 1. The number of hydrogen-bond donors (Lipinski definition) is 1. The summed E-state index contributed by atoms with van der Waals surface area (Å²) in [6.07, 6.45) is 7.89. The summed E-state index contributed by atoms with van der Waals surface area (Å²) in [5.41, 5.74) is 8.68. The standard InChI is InChI=1S/C26H31FN8/c1-17-13-19(3-6-22(17)27)23-15-35(12-11-33(2)20-4-5-20)25(32-23)18-7-9-34(10-8-18)26-21(14-28)24(29)30-16-31-26/h3,6,13,15-16,18,20H,4-5,7-12H2,1-2H3,(H2,29,30,31). The summed E-state index contributed by atoms with van der Waals surface area (Å²) in [4.78, 5) is 17.9. The lowest BCUT2D eigenvalue weighted by Crippen LogP contribution is -2.35. The summed E-state index contributed by atoms with van der Waals surface area (Å²) in [7, 11) is 2.19. The summed E-state index contributed by atoms with van der Waals surface area (Å²) in [6.45, 7) is 5.15. The minimum Gasteiger partial charge on any atom is -0.382 e. The van der Waals surface area contributed by atoms with Crippen molar-refractivity contribution in [1.82, 2.24) is 24.4 Å². The summed E-state index contributed by atoms with van der Waals surface area (Å²) < 4.78 is 16.2. The predicted octanol–water partition coefficient (Wildman–Crippen LogP) is 3.72. The van der Waals surface area contributed by atoms with E-state index in [1.165, 1.54) is 25.2 Å². The van der Waals surface area contributed by atoms with Crippen LogP contribution in [0.25, 0.3) is 11.3 Å². The van der Waals surface area contributed by atoms with Crippen molar-refractivity contribution >= 4 is 11.6 Å². The second-order valence-corrected chi connectivity index (χ2v) is 9.68. The Morgan fingerprint density at radius 3 is 2.66 bits per heavy atom. The SMILES string of the molecule is Cc1cc(-c2cn(CCN(C)C3CC3)c(C3CCN(c4ncnc(N)c4C#N)CC3)n2)ccc1F. The van der Waals surface area contributed by atoms with E-state index >= 15 is 0 Å². The molecule has 0 spiro atoms. The normalized spacial score (nSPS) is 16.6. The van der Waals surface area contributed by atoms with Crippen LogP contribution in [0.5, 0.6) is 0 Å². The van der Waals surface area contributed by atoms with E-state index in [1.807, 2.05) is 6.07 Å². The van der Waals surface area contributed by atoms with E-state index in [2.05, 4.69) is 43.6 Å². The summed E-state index contributed by atoms with van der Waals surface area (Å²) in [6, 6.07) is 8.04. The molecule has 1 aliphatic heterocycles. The molecule has 0 bridgehead atoms. The van der Waals surface area contributed by atoms with E-state index in [-0.39, 0.29) is 17.6 Å². The molecule has 2 N–H and O–H groups in total. The van der Waals surface area contributed by atoms with Crippen molar-refractivity contribution in [3.63, 3.8) is 0 Å². The average molecular weight is 475 g/mol. The van der Waals surface area contributed by atoms with Gasteiger partial charge in [0.1, 0.15) is 35.4 Å². The number of halogens is 1. The van der Waals surface area contributed by atoms with Crippen LogP contribution in [0.4, 0.5) is 16.0 Å². The Morgan fingerprint density at radius 2 is 1.97 bits per heavy atom. The zero-order valence-electron chi connectivity index (χ0n) is 20.3. The molecule has 5 rings (SSSR count).